The third kappa shape index (κ3) is 3.64. The first-order valence-electron chi connectivity index (χ1n) is 8.97. The van der Waals surface area contributed by atoms with E-state index in [1.807, 2.05) is 49.4 Å². The standard InChI is InChI=1S/C21H19ClN4O2/c1-14-18(20(27)28-12-11-15-5-3-2-4-6-15)19(16-7-9-17(22)10-8-16)26-21(25-14)23-13-24-26/h2-10,13,19H,11-12H2,1H3,(H,23,24,25)/t19-/m0/s1. The molecule has 1 aromatic heterocycles. The van der Waals surface area contributed by atoms with Crippen LogP contribution < -0.4 is 5.32 Å². The molecule has 1 atom stereocenters. The van der Waals surface area contributed by atoms with Crippen molar-refractivity contribution in [3.63, 3.8) is 0 Å². The molecule has 6 nitrogen and oxygen atoms in total. The smallest absolute Gasteiger partial charge is 0.338 e. The summed E-state index contributed by atoms with van der Waals surface area (Å²) in [4.78, 5) is 17.2. The normalized spacial score (nSPS) is 15.7. The molecule has 0 amide bonds. The highest BCUT2D eigenvalue weighted by Crippen LogP contribution is 2.35. The Morgan fingerprint density at radius 2 is 1.93 bits per heavy atom. The van der Waals surface area contributed by atoms with E-state index in [2.05, 4.69) is 15.4 Å². The summed E-state index contributed by atoms with van der Waals surface area (Å²) in [5.74, 6) is 0.209. The van der Waals surface area contributed by atoms with Gasteiger partial charge in [0.1, 0.15) is 12.4 Å². The Morgan fingerprint density at radius 1 is 1.18 bits per heavy atom. The Balaban J connectivity index is 1.59. The molecular weight excluding hydrogens is 376 g/mol. The number of benzene rings is 2. The zero-order valence-corrected chi connectivity index (χ0v) is 16.1. The Morgan fingerprint density at radius 3 is 2.68 bits per heavy atom. The SMILES string of the molecule is CC1=C(C(=O)OCCc2ccccc2)[C@H](c2ccc(Cl)cc2)n2ncnc2N1. The second-order valence-electron chi connectivity index (χ2n) is 6.52. The van der Waals surface area contributed by atoms with Crippen LogP contribution in [0.1, 0.15) is 24.1 Å². The number of aromatic nitrogens is 3. The van der Waals surface area contributed by atoms with Gasteiger partial charge >= 0.3 is 5.97 Å². The maximum Gasteiger partial charge on any atom is 0.338 e. The van der Waals surface area contributed by atoms with E-state index in [0.717, 1.165) is 11.1 Å². The fraction of sp³-hybridized carbons (Fsp3) is 0.190. The van der Waals surface area contributed by atoms with Crippen molar-refractivity contribution in [2.24, 2.45) is 0 Å². The maximum absolute atomic E-state index is 13.0. The summed E-state index contributed by atoms with van der Waals surface area (Å²) < 4.78 is 7.28. The Labute approximate surface area is 167 Å². The average Bonchev–Trinajstić information content (AvgIpc) is 3.16. The third-order valence-electron chi connectivity index (χ3n) is 4.67. The molecule has 28 heavy (non-hydrogen) atoms. The van der Waals surface area contributed by atoms with Crippen LogP contribution >= 0.6 is 11.6 Å². The minimum Gasteiger partial charge on any atom is -0.462 e. The van der Waals surface area contributed by atoms with Crippen molar-refractivity contribution in [1.82, 2.24) is 14.8 Å². The number of anilines is 1. The summed E-state index contributed by atoms with van der Waals surface area (Å²) in [6.45, 7) is 2.14. The zero-order chi connectivity index (χ0) is 19.5. The predicted molar refractivity (Wildman–Crippen MR) is 107 cm³/mol. The largest absolute Gasteiger partial charge is 0.462 e. The van der Waals surface area contributed by atoms with E-state index in [4.69, 9.17) is 16.3 Å². The van der Waals surface area contributed by atoms with Crippen molar-refractivity contribution in [3.8, 4) is 0 Å². The van der Waals surface area contributed by atoms with Crippen LogP contribution in [0.2, 0.25) is 5.02 Å². The highest BCUT2D eigenvalue weighted by molar-refractivity contribution is 6.30. The van der Waals surface area contributed by atoms with Gasteiger partial charge in [-0.05, 0) is 30.2 Å². The number of nitrogens with one attached hydrogen (secondary N) is 1. The molecule has 0 fully saturated rings. The number of ether oxygens (including phenoxy) is 1. The van der Waals surface area contributed by atoms with Crippen LogP contribution in [0.25, 0.3) is 0 Å². The molecule has 2 aromatic carbocycles. The van der Waals surface area contributed by atoms with Gasteiger partial charge in [-0.15, -0.1) is 0 Å². The highest BCUT2D eigenvalue weighted by atomic mass is 35.5. The molecule has 0 bridgehead atoms. The molecule has 142 valence electrons. The number of carbonyl (C=O) groups is 1. The monoisotopic (exact) mass is 394 g/mol. The van der Waals surface area contributed by atoms with Crippen molar-refractivity contribution in [2.45, 2.75) is 19.4 Å². The lowest BCUT2D eigenvalue weighted by Gasteiger charge is -2.28. The maximum atomic E-state index is 13.0. The second kappa shape index (κ2) is 7.86. The van der Waals surface area contributed by atoms with Gasteiger partial charge in [0, 0.05) is 17.1 Å². The molecule has 0 spiro atoms. The second-order valence-corrected chi connectivity index (χ2v) is 6.95. The minimum absolute atomic E-state index is 0.303. The fourth-order valence-corrected chi connectivity index (χ4v) is 3.42. The van der Waals surface area contributed by atoms with Gasteiger partial charge in [0.05, 0.1) is 12.2 Å². The van der Waals surface area contributed by atoms with E-state index in [0.29, 0.717) is 35.3 Å². The summed E-state index contributed by atoms with van der Waals surface area (Å²) in [5.41, 5.74) is 3.21. The third-order valence-corrected chi connectivity index (χ3v) is 4.92. The van der Waals surface area contributed by atoms with Crippen molar-refractivity contribution in [1.29, 1.82) is 0 Å². The van der Waals surface area contributed by atoms with E-state index < -0.39 is 6.04 Å². The molecule has 0 saturated carbocycles. The molecule has 0 unspecified atom stereocenters. The van der Waals surface area contributed by atoms with Gasteiger partial charge in [-0.3, -0.25) is 0 Å². The van der Waals surface area contributed by atoms with Crippen LogP contribution in [-0.4, -0.2) is 27.3 Å². The number of nitrogens with zero attached hydrogens (tertiary/aromatic N) is 3. The summed E-state index contributed by atoms with van der Waals surface area (Å²) in [6, 6.07) is 16.9. The number of allylic oxidation sites excluding steroid dienone is 1. The number of hydrogen-bond donors (Lipinski definition) is 1. The molecule has 1 aliphatic heterocycles. The van der Waals surface area contributed by atoms with Gasteiger partial charge in [0.15, 0.2) is 0 Å². The summed E-state index contributed by atoms with van der Waals surface area (Å²) in [7, 11) is 0. The number of halogens is 1. The van der Waals surface area contributed by atoms with E-state index >= 15 is 0 Å². The number of rotatable bonds is 5. The fourth-order valence-electron chi connectivity index (χ4n) is 3.29. The number of fused-ring (bicyclic) bond motifs is 1. The number of esters is 1. The molecule has 7 heteroatoms. The molecule has 2 heterocycles. The summed E-state index contributed by atoms with van der Waals surface area (Å²) in [5, 5.41) is 8.06. The van der Waals surface area contributed by atoms with Crippen molar-refractivity contribution in [2.75, 3.05) is 11.9 Å². The van der Waals surface area contributed by atoms with E-state index in [-0.39, 0.29) is 5.97 Å². The van der Waals surface area contributed by atoms with Gasteiger partial charge in [0.2, 0.25) is 5.95 Å². The van der Waals surface area contributed by atoms with E-state index in [1.165, 1.54) is 6.33 Å². The topological polar surface area (TPSA) is 69.0 Å². The lowest BCUT2D eigenvalue weighted by molar-refractivity contribution is -0.139. The van der Waals surface area contributed by atoms with Crippen LogP contribution in [0.4, 0.5) is 5.95 Å². The van der Waals surface area contributed by atoms with Crippen LogP contribution in [0.15, 0.2) is 72.2 Å². The highest BCUT2D eigenvalue weighted by Gasteiger charge is 2.34. The minimum atomic E-state index is -0.430. The van der Waals surface area contributed by atoms with Gasteiger partial charge in [-0.2, -0.15) is 10.1 Å². The first-order chi connectivity index (χ1) is 13.6. The first-order valence-corrected chi connectivity index (χ1v) is 9.35. The van der Waals surface area contributed by atoms with Crippen molar-refractivity contribution in [3.05, 3.63) is 88.3 Å². The molecule has 0 aliphatic carbocycles. The molecule has 1 N–H and O–H groups in total. The summed E-state index contributed by atoms with van der Waals surface area (Å²) >= 11 is 6.03. The van der Waals surface area contributed by atoms with Crippen LogP contribution in [-0.2, 0) is 16.0 Å². The van der Waals surface area contributed by atoms with Crippen LogP contribution in [0.3, 0.4) is 0 Å². The molecule has 1 aliphatic rings. The van der Waals surface area contributed by atoms with E-state index in [9.17, 15) is 4.79 Å². The molecule has 0 saturated heterocycles. The number of hydrogen-bond acceptors (Lipinski definition) is 5. The van der Waals surface area contributed by atoms with Gasteiger partial charge in [-0.1, -0.05) is 54.1 Å². The Bertz CT molecular complexity index is 1010. The van der Waals surface area contributed by atoms with Crippen LogP contribution in [0.5, 0.6) is 0 Å². The van der Waals surface area contributed by atoms with Gasteiger partial charge in [0.25, 0.3) is 0 Å². The molecule has 0 radical (unpaired) electrons. The lowest BCUT2D eigenvalue weighted by Crippen LogP contribution is -2.30. The van der Waals surface area contributed by atoms with Crippen molar-refractivity contribution >= 4 is 23.5 Å². The first kappa shape index (κ1) is 18.3. The van der Waals surface area contributed by atoms with E-state index in [1.54, 1.807) is 16.8 Å². The zero-order valence-electron chi connectivity index (χ0n) is 15.3. The predicted octanol–water partition coefficient (Wildman–Crippen LogP) is 4.01. The Kier molecular flexibility index (Phi) is 5.12. The molecule has 4 rings (SSSR count). The molecule has 3 aromatic rings. The summed E-state index contributed by atoms with van der Waals surface area (Å²) in [6.07, 6.45) is 2.12. The molecular formula is C21H19ClN4O2. The average molecular weight is 395 g/mol. The number of carbonyl (C=O) groups excluding carboxylic acids is 1. The Hall–Kier alpha value is -3.12. The van der Waals surface area contributed by atoms with Crippen molar-refractivity contribution < 1.29 is 9.53 Å². The lowest BCUT2D eigenvalue weighted by atomic mass is 9.96. The van der Waals surface area contributed by atoms with Gasteiger partial charge in [-0.25, -0.2) is 9.48 Å². The van der Waals surface area contributed by atoms with Crippen LogP contribution in [0, 0.1) is 0 Å². The van der Waals surface area contributed by atoms with Gasteiger partial charge < -0.3 is 10.1 Å². The quantitative estimate of drug-likeness (QED) is 0.662.